The summed E-state index contributed by atoms with van der Waals surface area (Å²) in [7, 11) is 0. The highest BCUT2D eigenvalue weighted by molar-refractivity contribution is 5.85. The van der Waals surface area contributed by atoms with Gasteiger partial charge in [0.05, 0.1) is 0 Å². The first kappa shape index (κ1) is 15.2. The van der Waals surface area contributed by atoms with E-state index in [4.69, 9.17) is 10.5 Å². The maximum atomic E-state index is 13.7. The molecule has 5 heteroatoms. The number of nitrogens with zero attached hydrogens (tertiary/aromatic N) is 1. The monoisotopic (exact) mass is 274 g/mol. The SMILES string of the molecule is CC(C)(N)CN1CCOc2cccc(F)c2C1.Cl. The van der Waals surface area contributed by atoms with Crippen LogP contribution in [0.15, 0.2) is 18.2 Å². The summed E-state index contributed by atoms with van der Waals surface area (Å²) in [6, 6.07) is 4.96. The molecule has 1 heterocycles. The molecule has 0 atom stereocenters. The number of hydrogen-bond acceptors (Lipinski definition) is 3. The standard InChI is InChI=1S/C13H19FN2O.ClH/c1-13(2,15)9-16-6-7-17-12-5-3-4-11(14)10(12)8-16;/h3-5H,6-9,15H2,1-2H3;1H. The average molecular weight is 275 g/mol. The van der Waals surface area contributed by atoms with Gasteiger partial charge in [-0.15, -0.1) is 12.4 Å². The Balaban J connectivity index is 0.00000162. The quantitative estimate of drug-likeness (QED) is 0.898. The van der Waals surface area contributed by atoms with Crippen molar-refractivity contribution < 1.29 is 9.13 Å². The molecular formula is C13H20ClFN2O. The zero-order chi connectivity index (χ0) is 12.5. The van der Waals surface area contributed by atoms with Gasteiger partial charge in [0.15, 0.2) is 0 Å². The predicted molar refractivity (Wildman–Crippen MR) is 72.7 cm³/mol. The van der Waals surface area contributed by atoms with Gasteiger partial charge in [-0.05, 0) is 26.0 Å². The normalized spacial score (nSPS) is 16.2. The first-order valence-corrected chi connectivity index (χ1v) is 5.87. The van der Waals surface area contributed by atoms with E-state index >= 15 is 0 Å². The van der Waals surface area contributed by atoms with E-state index in [9.17, 15) is 4.39 Å². The van der Waals surface area contributed by atoms with Crippen molar-refractivity contribution in [2.24, 2.45) is 5.73 Å². The van der Waals surface area contributed by atoms with E-state index in [1.54, 1.807) is 6.07 Å². The fraction of sp³-hybridized carbons (Fsp3) is 0.538. The smallest absolute Gasteiger partial charge is 0.131 e. The molecule has 1 aromatic carbocycles. The lowest BCUT2D eigenvalue weighted by atomic mass is 10.1. The Labute approximate surface area is 114 Å². The molecule has 0 unspecified atom stereocenters. The maximum Gasteiger partial charge on any atom is 0.131 e. The molecule has 0 spiro atoms. The molecule has 1 aliphatic heterocycles. The van der Waals surface area contributed by atoms with Crippen molar-refractivity contribution in [1.82, 2.24) is 4.90 Å². The Hall–Kier alpha value is -0.840. The van der Waals surface area contributed by atoms with Gasteiger partial charge >= 0.3 is 0 Å². The first-order valence-electron chi connectivity index (χ1n) is 5.87. The Bertz CT molecular complexity index is 406. The number of ether oxygens (including phenoxy) is 1. The van der Waals surface area contributed by atoms with Crippen LogP contribution >= 0.6 is 12.4 Å². The summed E-state index contributed by atoms with van der Waals surface area (Å²) in [6.07, 6.45) is 0. The molecule has 2 rings (SSSR count). The summed E-state index contributed by atoms with van der Waals surface area (Å²) in [6.45, 7) is 6.58. The van der Waals surface area contributed by atoms with Crippen LogP contribution in [0.4, 0.5) is 4.39 Å². The van der Waals surface area contributed by atoms with Crippen molar-refractivity contribution in [3.63, 3.8) is 0 Å². The summed E-state index contributed by atoms with van der Waals surface area (Å²) < 4.78 is 19.3. The van der Waals surface area contributed by atoms with Crippen LogP contribution in [0.2, 0.25) is 0 Å². The molecule has 0 bridgehead atoms. The highest BCUT2D eigenvalue weighted by atomic mass is 35.5. The van der Waals surface area contributed by atoms with Gasteiger partial charge in [-0.1, -0.05) is 6.07 Å². The molecule has 0 saturated carbocycles. The number of nitrogens with two attached hydrogens (primary N) is 1. The van der Waals surface area contributed by atoms with Crippen LogP contribution in [-0.4, -0.2) is 30.1 Å². The van der Waals surface area contributed by atoms with E-state index in [0.717, 1.165) is 13.1 Å². The second-order valence-corrected chi connectivity index (χ2v) is 5.26. The fourth-order valence-electron chi connectivity index (χ4n) is 2.13. The van der Waals surface area contributed by atoms with Gasteiger partial charge in [-0.3, -0.25) is 4.90 Å². The van der Waals surface area contributed by atoms with Crippen LogP contribution in [-0.2, 0) is 6.54 Å². The lowest BCUT2D eigenvalue weighted by Crippen LogP contribution is -2.45. The second-order valence-electron chi connectivity index (χ2n) is 5.26. The molecule has 0 saturated heterocycles. The van der Waals surface area contributed by atoms with E-state index in [0.29, 0.717) is 24.5 Å². The zero-order valence-corrected chi connectivity index (χ0v) is 11.6. The number of fused-ring (bicyclic) bond motifs is 1. The number of benzene rings is 1. The summed E-state index contributed by atoms with van der Waals surface area (Å²) in [5.74, 6) is 0.451. The molecule has 18 heavy (non-hydrogen) atoms. The third-order valence-electron chi connectivity index (χ3n) is 2.75. The second kappa shape index (κ2) is 5.87. The van der Waals surface area contributed by atoms with Crippen LogP contribution in [0.3, 0.4) is 0 Å². The average Bonchev–Trinajstić information content (AvgIpc) is 2.38. The van der Waals surface area contributed by atoms with Gasteiger partial charge in [0.25, 0.3) is 0 Å². The Morgan fingerprint density at radius 2 is 2.17 bits per heavy atom. The van der Waals surface area contributed by atoms with Crippen LogP contribution in [0.25, 0.3) is 0 Å². The lowest BCUT2D eigenvalue weighted by molar-refractivity contribution is 0.194. The molecule has 0 aliphatic carbocycles. The van der Waals surface area contributed by atoms with E-state index in [1.165, 1.54) is 6.07 Å². The van der Waals surface area contributed by atoms with E-state index in [1.807, 2.05) is 19.9 Å². The van der Waals surface area contributed by atoms with Crippen LogP contribution in [0.5, 0.6) is 5.75 Å². The number of rotatable bonds is 2. The highest BCUT2D eigenvalue weighted by Gasteiger charge is 2.22. The lowest BCUT2D eigenvalue weighted by Gasteiger charge is -2.28. The Morgan fingerprint density at radius 3 is 2.83 bits per heavy atom. The van der Waals surface area contributed by atoms with E-state index in [-0.39, 0.29) is 23.8 Å². The molecule has 0 amide bonds. The van der Waals surface area contributed by atoms with E-state index < -0.39 is 0 Å². The minimum atomic E-state index is -0.282. The van der Waals surface area contributed by atoms with Gasteiger partial charge in [0.1, 0.15) is 18.2 Å². The minimum absolute atomic E-state index is 0. The third kappa shape index (κ3) is 3.83. The van der Waals surface area contributed by atoms with E-state index in [2.05, 4.69) is 4.90 Å². The van der Waals surface area contributed by atoms with Crippen LogP contribution in [0, 0.1) is 5.82 Å². The van der Waals surface area contributed by atoms with Gasteiger partial charge in [0, 0.05) is 30.7 Å². The minimum Gasteiger partial charge on any atom is -0.492 e. The predicted octanol–water partition coefficient (Wildman–Crippen LogP) is 2.18. The fourth-order valence-corrected chi connectivity index (χ4v) is 2.13. The molecule has 1 aliphatic rings. The summed E-state index contributed by atoms with van der Waals surface area (Å²) in [5.41, 5.74) is 6.35. The van der Waals surface area contributed by atoms with Crippen LogP contribution in [0.1, 0.15) is 19.4 Å². The van der Waals surface area contributed by atoms with Crippen molar-refractivity contribution in [3.8, 4) is 5.75 Å². The number of hydrogen-bond donors (Lipinski definition) is 1. The molecule has 0 fully saturated rings. The summed E-state index contributed by atoms with van der Waals surface area (Å²) in [5, 5.41) is 0. The molecule has 102 valence electrons. The summed E-state index contributed by atoms with van der Waals surface area (Å²) in [4.78, 5) is 2.13. The molecule has 1 aromatic rings. The highest BCUT2D eigenvalue weighted by Crippen LogP contribution is 2.25. The Kier molecular flexibility index (Phi) is 4.96. The van der Waals surface area contributed by atoms with Crippen molar-refractivity contribution in [1.29, 1.82) is 0 Å². The van der Waals surface area contributed by atoms with Crippen molar-refractivity contribution in [2.45, 2.75) is 25.9 Å². The molecule has 3 nitrogen and oxygen atoms in total. The van der Waals surface area contributed by atoms with Crippen molar-refractivity contribution in [3.05, 3.63) is 29.6 Å². The largest absolute Gasteiger partial charge is 0.492 e. The van der Waals surface area contributed by atoms with Gasteiger partial charge < -0.3 is 10.5 Å². The topological polar surface area (TPSA) is 38.5 Å². The summed E-state index contributed by atoms with van der Waals surface area (Å²) >= 11 is 0. The first-order chi connectivity index (χ1) is 7.96. The Morgan fingerprint density at radius 1 is 1.44 bits per heavy atom. The molecular weight excluding hydrogens is 255 g/mol. The molecule has 0 aromatic heterocycles. The van der Waals surface area contributed by atoms with Gasteiger partial charge in [-0.2, -0.15) is 0 Å². The van der Waals surface area contributed by atoms with Crippen molar-refractivity contribution >= 4 is 12.4 Å². The zero-order valence-electron chi connectivity index (χ0n) is 10.8. The van der Waals surface area contributed by atoms with Crippen molar-refractivity contribution in [2.75, 3.05) is 19.7 Å². The van der Waals surface area contributed by atoms with Gasteiger partial charge in [-0.25, -0.2) is 4.39 Å². The van der Waals surface area contributed by atoms with Crippen LogP contribution < -0.4 is 10.5 Å². The van der Waals surface area contributed by atoms with Gasteiger partial charge in [0.2, 0.25) is 0 Å². The maximum absolute atomic E-state index is 13.7. The third-order valence-corrected chi connectivity index (χ3v) is 2.75. The number of halogens is 2. The molecule has 2 N–H and O–H groups in total. The molecule has 0 radical (unpaired) electrons.